The fourth-order valence-electron chi connectivity index (χ4n) is 6.30. The molecular formula is C45H55O10P3. The Morgan fingerprint density at radius 3 is 1.26 bits per heavy atom. The molecule has 0 aromatic heterocycles. The van der Waals surface area contributed by atoms with E-state index in [9.17, 15) is 13.7 Å². The molecule has 0 bridgehead atoms. The van der Waals surface area contributed by atoms with E-state index in [-0.39, 0.29) is 23.0 Å². The lowest BCUT2D eigenvalue weighted by atomic mass is 10.1. The Labute approximate surface area is 344 Å². The first kappa shape index (κ1) is 44.5. The van der Waals surface area contributed by atoms with Gasteiger partial charge in [-0.2, -0.15) is 4.57 Å². The predicted molar refractivity (Wildman–Crippen MR) is 233 cm³/mol. The van der Waals surface area contributed by atoms with Crippen LogP contribution in [0.2, 0.25) is 0 Å². The van der Waals surface area contributed by atoms with Crippen LogP contribution in [0.1, 0.15) is 80.3 Å². The topological polar surface area (TPSA) is 116 Å². The minimum Gasteiger partial charge on any atom is -0.476 e. The standard InChI is InChI=1S/C45H55O10P3/c1-11-44(10,49-41-31(4)19-14-20-32(41)5)56(46)51-37-25-17-27-39(29-37)53-58(48,55-43-35(8)23-16-24-36(43)9)54-40-28-18-26-38(30-40)52-57(47)45(12-2,13-3)50-42-33(6)21-15-22-34(42)7/h14-30,56-57H,11-13H2,1-10H3/t44-,58?/m1/s1. The molecule has 5 rings (SSSR count). The Hall–Kier alpha value is -4.61. The van der Waals surface area contributed by atoms with Gasteiger partial charge in [-0.05, 0) is 125 Å². The Morgan fingerprint density at radius 2 is 0.845 bits per heavy atom. The molecule has 58 heavy (non-hydrogen) atoms. The molecule has 0 amide bonds. The normalized spacial score (nSPS) is 14.6. The molecule has 0 radical (unpaired) electrons. The second-order valence-corrected chi connectivity index (χ2v) is 19.6. The summed E-state index contributed by atoms with van der Waals surface area (Å²) in [6, 6.07) is 29.8. The summed E-state index contributed by atoms with van der Waals surface area (Å²) in [7, 11) is -10.3. The average molecular weight is 849 g/mol. The summed E-state index contributed by atoms with van der Waals surface area (Å²) in [5, 5.41) is -2.21. The largest absolute Gasteiger partial charge is 0.647 e. The monoisotopic (exact) mass is 848 g/mol. The first-order chi connectivity index (χ1) is 27.5. The van der Waals surface area contributed by atoms with Gasteiger partial charge in [0.1, 0.15) is 40.2 Å². The van der Waals surface area contributed by atoms with Gasteiger partial charge in [-0.3, -0.25) is 9.13 Å². The number of para-hydroxylation sites is 3. The van der Waals surface area contributed by atoms with Gasteiger partial charge in [-0.1, -0.05) is 87.5 Å². The minimum absolute atomic E-state index is 0.0764. The van der Waals surface area contributed by atoms with E-state index < -0.39 is 34.6 Å². The van der Waals surface area contributed by atoms with E-state index in [1.165, 1.54) is 12.1 Å². The van der Waals surface area contributed by atoms with Crippen molar-refractivity contribution in [1.82, 2.24) is 0 Å². The van der Waals surface area contributed by atoms with Crippen molar-refractivity contribution >= 4 is 23.9 Å². The van der Waals surface area contributed by atoms with Crippen molar-refractivity contribution in [2.75, 3.05) is 0 Å². The van der Waals surface area contributed by atoms with E-state index in [1.807, 2.05) is 117 Å². The predicted octanol–water partition coefficient (Wildman–Crippen LogP) is 13.7. The van der Waals surface area contributed by atoms with Crippen molar-refractivity contribution in [3.05, 3.63) is 137 Å². The minimum atomic E-state index is -4.54. The third kappa shape index (κ3) is 10.5. The van der Waals surface area contributed by atoms with Crippen LogP contribution in [0.4, 0.5) is 0 Å². The smallest absolute Gasteiger partial charge is 0.476 e. The van der Waals surface area contributed by atoms with Crippen LogP contribution in [-0.2, 0) is 13.7 Å². The Morgan fingerprint density at radius 1 is 0.483 bits per heavy atom. The Bertz CT molecular complexity index is 2260. The molecule has 0 N–H and O–H groups in total. The highest BCUT2D eigenvalue weighted by Gasteiger charge is 2.39. The third-order valence-corrected chi connectivity index (χ3v) is 15.1. The number of aryl methyl sites for hydroxylation is 6. The van der Waals surface area contributed by atoms with Gasteiger partial charge >= 0.3 is 7.82 Å². The Balaban J connectivity index is 1.41. The zero-order valence-corrected chi connectivity index (χ0v) is 37.9. The van der Waals surface area contributed by atoms with Crippen molar-refractivity contribution in [1.29, 1.82) is 0 Å². The highest BCUT2D eigenvalue weighted by molar-refractivity contribution is 7.49. The first-order valence-electron chi connectivity index (χ1n) is 19.4. The maximum atomic E-state index is 14.8. The van der Waals surface area contributed by atoms with Gasteiger partial charge in [0, 0.05) is 12.1 Å². The van der Waals surface area contributed by atoms with Crippen LogP contribution >= 0.6 is 23.9 Å². The van der Waals surface area contributed by atoms with E-state index in [0.717, 1.165) is 22.3 Å². The van der Waals surface area contributed by atoms with Crippen LogP contribution in [0, 0.1) is 41.5 Å². The van der Waals surface area contributed by atoms with Crippen LogP contribution in [0.15, 0.2) is 103 Å². The summed E-state index contributed by atoms with van der Waals surface area (Å²) in [4.78, 5) is 0. The number of hydrogen-bond donors (Lipinski definition) is 0. The molecule has 13 heteroatoms. The summed E-state index contributed by atoms with van der Waals surface area (Å²) < 4.78 is 85.9. The van der Waals surface area contributed by atoms with Crippen LogP contribution in [0.25, 0.3) is 0 Å². The number of phosphoric acid groups is 1. The fraction of sp³-hybridized carbons (Fsp3) is 0.333. The lowest BCUT2D eigenvalue weighted by molar-refractivity contribution is 0.133. The SMILES string of the molecule is CCC(CC)(Oc1c(C)cccc1C)[PH](=O)Oc1cccc(OP(=O)(Oc2cccc(O[PH](=O)[C@](C)(CC)Oc3c(C)cccc3C)c2)Oc2c(C)cccc2C)c1. The van der Waals surface area contributed by atoms with E-state index >= 15 is 0 Å². The molecule has 3 unspecified atom stereocenters. The average Bonchev–Trinajstić information content (AvgIpc) is 3.18. The van der Waals surface area contributed by atoms with Gasteiger partial charge < -0.3 is 32.1 Å². The van der Waals surface area contributed by atoms with Crippen LogP contribution in [0.3, 0.4) is 0 Å². The molecule has 10 nitrogen and oxygen atoms in total. The molecule has 0 aliphatic carbocycles. The van der Waals surface area contributed by atoms with Gasteiger partial charge in [0.25, 0.3) is 16.1 Å². The summed E-state index contributed by atoms with van der Waals surface area (Å²) >= 11 is 0. The van der Waals surface area contributed by atoms with Crippen molar-refractivity contribution in [3.8, 4) is 40.2 Å². The van der Waals surface area contributed by atoms with Gasteiger partial charge in [-0.25, -0.2) is 0 Å². The highest BCUT2D eigenvalue weighted by atomic mass is 31.2. The molecule has 0 aliphatic heterocycles. The number of ether oxygens (including phenoxy) is 2. The molecule has 0 heterocycles. The maximum Gasteiger partial charge on any atom is 0.647 e. The molecule has 5 aromatic rings. The zero-order valence-electron chi connectivity index (χ0n) is 35.0. The van der Waals surface area contributed by atoms with Crippen molar-refractivity contribution < 1.29 is 45.8 Å². The summed E-state index contributed by atoms with van der Waals surface area (Å²) in [5.74, 6) is 2.25. The lowest BCUT2D eigenvalue weighted by Crippen LogP contribution is -2.32. The summed E-state index contributed by atoms with van der Waals surface area (Å²) in [5.41, 5.74) is 5.14. The number of rotatable bonds is 19. The number of benzene rings is 5. The first-order valence-corrected chi connectivity index (χ1v) is 23.5. The van der Waals surface area contributed by atoms with Crippen molar-refractivity contribution in [2.45, 2.75) is 99.2 Å². The molecule has 0 fully saturated rings. The molecule has 310 valence electrons. The van der Waals surface area contributed by atoms with Crippen LogP contribution < -0.4 is 32.1 Å². The number of hydrogen-bond acceptors (Lipinski definition) is 10. The molecule has 4 atom stereocenters. The summed E-state index contributed by atoms with van der Waals surface area (Å²) in [6.45, 7) is 18.9. The molecule has 0 saturated heterocycles. The highest BCUT2D eigenvalue weighted by Crippen LogP contribution is 2.54. The second kappa shape index (κ2) is 19.0. The van der Waals surface area contributed by atoms with Gasteiger partial charge in [0.15, 0.2) is 10.7 Å². The Kier molecular flexibility index (Phi) is 14.6. The van der Waals surface area contributed by atoms with E-state index in [2.05, 4.69) is 0 Å². The van der Waals surface area contributed by atoms with Crippen LogP contribution in [-0.4, -0.2) is 10.7 Å². The third-order valence-electron chi connectivity index (χ3n) is 10.1. The quantitative estimate of drug-likeness (QED) is 0.0744. The van der Waals surface area contributed by atoms with Gasteiger partial charge in [-0.15, -0.1) is 0 Å². The fourth-order valence-corrected chi connectivity index (χ4v) is 9.98. The van der Waals surface area contributed by atoms with E-state index in [0.29, 0.717) is 47.6 Å². The zero-order chi connectivity index (χ0) is 42.3. The molecule has 0 spiro atoms. The van der Waals surface area contributed by atoms with Crippen molar-refractivity contribution in [3.63, 3.8) is 0 Å². The maximum absolute atomic E-state index is 14.8. The molecule has 5 aromatic carbocycles. The second-order valence-electron chi connectivity index (χ2n) is 14.6. The van der Waals surface area contributed by atoms with Gasteiger partial charge in [0.05, 0.1) is 0 Å². The number of phosphoric ester groups is 1. The molecule has 0 saturated carbocycles. The van der Waals surface area contributed by atoms with Crippen molar-refractivity contribution in [2.24, 2.45) is 0 Å². The van der Waals surface area contributed by atoms with E-state index in [4.69, 9.17) is 32.1 Å². The molecular weight excluding hydrogens is 793 g/mol. The summed E-state index contributed by atoms with van der Waals surface area (Å²) in [6.07, 6.45) is 1.29. The lowest BCUT2D eigenvalue weighted by Gasteiger charge is -2.33. The van der Waals surface area contributed by atoms with Gasteiger partial charge in [0.2, 0.25) is 0 Å². The van der Waals surface area contributed by atoms with E-state index in [1.54, 1.807) is 43.3 Å². The van der Waals surface area contributed by atoms with Crippen LogP contribution in [0.5, 0.6) is 40.2 Å². The molecule has 0 aliphatic rings.